The van der Waals surface area contributed by atoms with Gasteiger partial charge in [0.2, 0.25) is 5.91 Å². The predicted molar refractivity (Wildman–Crippen MR) is 96.7 cm³/mol. The van der Waals surface area contributed by atoms with Gasteiger partial charge in [0, 0.05) is 13.5 Å². The van der Waals surface area contributed by atoms with Crippen molar-refractivity contribution < 1.29 is 4.79 Å². The van der Waals surface area contributed by atoms with E-state index in [-0.39, 0.29) is 11.9 Å². The van der Waals surface area contributed by atoms with Crippen molar-refractivity contribution in [1.29, 1.82) is 0 Å². The average molecular weight is 321 g/mol. The van der Waals surface area contributed by atoms with Crippen LogP contribution in [0.2, 0.25) is 0 Å². The van der Waals surface area contributed by atoms with Crippen LogP contribution in [-0.2, 0) is 17.8 Å². The lowest BCUT2D eigenvalue weighted by atomic mass is 10.1. The first-order chi connectivity index (χ1) is 11.7. The second kappa shape index (κ2) is 7.30. The first-order valence-corrected chi connectivity index (χ1v) is 8.45. The van der Waals surface area contributed by atoms with Gasteiger partial charge in [0.1, 0.15) is 5.82 Å². The van der Waals surface area contributed by atoms with Crippen LogP contribution in [0.15, 0.2) is 54.6 Å². The molecule has 2 aromatic carbocycles. The first-order valence-electron chi connectivity index (χ1n) is 8.45. The molecule has 3 aromatic rings. The fourth-order valence-electron chi connectivity index (χ4n) is 3.12. The Bertz CT molecular complexity index is 823. The molecule has 0 radical (unpaired) electrons. The summed E-state index contributed by atoms with van der Waals surface area (Å²) in [6, 6.07) is 18.2. The topological polar surface area (TPSA) is 46.9 Å². The molecule has 0 bridgehead atoms. The molecular weight excluding hydrogens is 298 g/mol. The Hall–Kier alpha value is -2.62. The fourth-order valence-corrected chi connectivity index (χ4v) is 3.12. The monoisotopic (exact) mass is 321 g/mol. The minimum Gasteiger partial charge on any atom is -0.346 e. The largest absolute Gasteiger partial charge is 0.346 e. The van der Waals surface area contributed by atoms with Gasteiger partial charge in [0.15, 0.2) is 0 Å². The lowest BCUT2D eigenvalue weighted by Crippen LogP contribution is -2.30. The van der Waals surface area contributed by atoms with Gasteiger partial charge in [-0.15, -0.1) is 0 Å². The molecule has 24 heavy (non-hydrogen) atoms. The van der Waals surface area contributed by atoms with Crippen molar-refractivity contribution in [2.45, 2.75) is 39.3 Å². The Labute approximate surface area is 142 Å². The van der Waals surface area contributed by atoms with E-state index in [1.54, 1.807) is 6.92 Å². The van der Waals surface area contributed by atoms with E-state index >= 15 is 0 Å². The highest BCUT2D eigenvalue weighted by Crippen LogP contribution is 2.24. The Kier molecular flexibility index (Phi) is 4.94. The number of hydrogen-bond acceptors (Lipinski definition) is 2. The van der Waals surface area contributed by atoms with Crippen molar-refractivity contribution in [1.82, 2.24) is 14.9 Å². The molecule has 1 N–H and O–H groups in total. The lowest BCUT2D eigenvalue weighted by Gasteiger charge is -2.19. The summed E-state index contributed by atoms with van der Waals surface area (Å²) in [5, 5.41) is 3.08. The molecule has 3 rings (SSSR count). The molecule has 1 heterocycles. The van der Waals surface area contributed by atoms with Gasteiger partial charge in [-0.2, -0.15) is 0 Å². The van der Waals surface area contributed by atoms with Crippen LogP contribution in [-0.4, -0.2) is 15.5 Å². The molecule has 1 atom stereocenters. The van der Waals surface area contributed by atoms with Gasteiger partial charge in [0.05, 0.1) is 17.1 Å². The molecule has 1 amide bonds. The van der Waals surface area contributed by atoms with Gasteiger partial charge in [-0.25, -0.2) is 4.98 Å². The number of fused-ring (bicyclic) bond motifs is 1. The number of aryl methyl sites for hydroxylation is 1. The molecule has 0 aliphatic carbocycles. The minimum atomic E-state index is -0.135. The maximum atomic E-state index is 11.8. The van der Waals surface area contributed by atoms with E-state index in [1.165, 1.54) is 5.56 Å². The first kappa shape index (κ1) is 16.2. The Morgan fingerprint density at radius 2 is 1.83 bits per heavy atom. The standard InChI is InChI=1S/C20H23N3O/c1-3-13-23-19-12-8-7-11-17(19)22-20(23)18(21-15(2)24)14-16-9-5-4-6-10-16/h4-12,18H,3,13-14H2,1-2H3,(H,21,24)/t18-/m0/s1. The number of amides is 1. The van der Waals surface area contributed by atoms with Crippen LogP contribution in [0.3, 0.4) is 0 Å². The quantitative estimate of drug-likeness (QED) is 0.749. The van der Waals surface area contributed by atoms with E-state index in [4.69, 9.17) is 4.98 Å². The summed E-state index contributed by atoms with van der Waals surface area (Å²) in [7, 11) is 0. The van der Waals surface area contributed by atoms with E-state index < -0.39 is 0 Å². The van der Waals surface area contributed by atoms with E-state index in [2.05, 4.69) is 35.0 Å². The molecule has 0 saturated carbocycles. The smallest absolute Gasteiger partial charge is 0.217 e. The van der Waals surface area contributed by atoms with Gasteiger partial charge < -0.3 is 9.88 Å². The van der Waals surface area contributed by atoms with Crippen LogP contribution in [0.25, 0.3) is 11.0 Å². The third kappa shape index (κ3) is 3.48. The molecule has 0 saturated heterocycles. The molecule has 0 fully saturated rings. The van der Waals surface area contributed by atoms with Gasteiger partial charge in [-0.3, -0.25) is 4.79 Å². The van der Waals surface area contributed by atoms with Crippen LogP contribution in [0.1, 0.15) is 37.7 Å². The van der Waals surface area contributed by atoms with Crippen LogP contribution in [0.4, 0.5) is 0 Å². The van der Waals surface area contributed by atoms with Crippen LogP contribution >= 0.6 is 0 Å². The summed E-state index contributed by atoms with van der Waals surface area (Å²) in [4.78, 5) is 16.6. The van der Waals surface area contributed by atoms with Gasteiger partial charge in [-0.05, 0) is 30.5 Å². The summed E-state index contributed by atoms with van der Waals surface area (Å²) >= 11 is 0. The fraction of sp³-hybridized carbons (Fsp3) is 0.300. The van der Waals surface area contributed by atoms with Gasteiger partial charge in [0.25, 0.3) is 0 Å². The van der Waals surface area contributed by atoms with Crippen molar-refractivity contribution in [3.05, 3.63) is 66.0 Å². The highest BCUT2D eigenvalue weighted by Gasteiger charge is 2.21. The number of nitrogens with zero attached hydrogens (tertiary/aromatic N) is 2. The molecule has 124 valence electrons. The Balaban J connectivity index is 2.04. The van der Waals surface area contributed by atoms with Crippen LogP contribution in [0.5, 0.6) is 0 Å². The van der Waals surface area contributed by atoms with Crippen molar-refractivity contribution in [3.8, 4) is 0 Å². The number of rotatable bonds is 6. The maximum Gasteiger partial charge on any atom is 0.217 e. The highest BCUT2D eigenvalue weighted by molar-refractivity contribution is 5.77. The number of carbonyl (C=O) groups excluding carboxylic acids is 1. The van der Waals surface area contributed by atoms with E-state index in [0.717, 1.165) is 36.2 Å². The number of benzene rings is 2. The second-order valence-electron chi connectivity index (χ2n) is 6.05. The summed E-state index contributed by atoms with van der Waals surface area (Å²) in [5.41, 5.74) is 3.29. The highest BCUT2D eigenvalue weighted by atomic mass is 16.1. The zero-order valence-corrected chi connectivity index (χ0v) is 14.2. The zero-order chi connectivity index (χ0) is 16.9. The van der Waals surface area contributed by atoms with Crippen molar-refractivity contribution in [3.63, 3.8) is 0 Å². The van der Waals surface area contributed by atoms with E-state index in [0.29, 0.717) is 0 Å². The Morgan fingerprint density at radius 1 is 1.12 bits per heavy atom. The third-order valence-electron chi connectivity index (χ3n) is 4.10. The minimum absolute atomic E-state index is 0.0361. The zero-order valence-electron chi connectivity index (χ0n) is 14.2. The number of aromatic nitrogens is 2. The second-order valence-corrected chi connectivity index (χ2v) is 6.05. The SMILES string of the molecule is CCCn1c([C@H](Cc2ccccc2)NC(C)=O)nc2ccccc21. The van der Waals surface area contributed by atoms with E-state index in [9.17, 15) is 4.79 Å². The molecule has 0 aliphatic rings. The van der Waals surface area contributed by atoms with Crippen molar-refractivity contribution >= 4 is 16.9 Å². The molecular formula is C20H23N3O. The van der Waals surface area contributed by atoms with Gasteiger partial charge in [-0.1, -0.05) is 49.4 Å². The summed E-state index contributed by atoms with van der Waals surface area (Å²) in [6.07, 6.45) is 1.75. The Morgan fingerprint density at radius 3 is 2.54 bits per heavy atom. The van der Waals surface area contributed by atoms with Crippen LogP contribution < -0.4 is 5.32 Å². The van der Waals surface area contributed by atoms with Gasteiger partial charge >= 0.3 is 0 Å². The van der Waals surface area contributed by atoms with Crippen molar-refractivity contribution in [2.24, 2.45) is 0 Å². The molecule has 0 unspecified atom stereocenters. The summed E-state index contributed by atoms with van der Waals surface area (Å²) in [6.45, 7) is 4.61. The molecule has 1 aromatic heterocycles. The summed E-state index contributed by atoms with van der Waals surface area (Å²) in [5.74, 6) is 0.892. The van der Waals surface area contributed by atoms with E-state index in [1.807, 2.05) is 36.4 Å². The molecule has 4 nitrogen and oxygen atoms in total. The normalized spacial score (nSPS) is 12.2. The third-order valence-corrected chi connectivity index (χ3v) is 4.10. The number of imidazole rings is 1. The number of nitrogens with one attached hydrogen (secondary N) is 1. The average Bonchev–Trinajstić information content (AvgIpc) is 2.94. The molecule has 4 heteroatoms. The number of carbonyl (C=O) groups is 1. The maximum absolute atomic E-state index is 11.8. The molecule has 0 aliphatic heterocycles. The van der Waals surface area contributed by atoms with Crippen molar-refractivity contribution in [2.75, 3.05) is 0 Å². The lowest BCUT2D eigenvalue weighted by molar-refractivity contribution is -0.119. The predicted octanol–water partition coefficient (Wildman–Crippen LogP) is 3.87. The number of hydrogen-bond donors (Lipinski definition) is 1. The summed E-state index contributed by atoms with van der Waals surface area (Å²) < 4.78 is 2.24. The molecule has 0 spiro atoms. The number of para-hydroxylation sites is 2. The van der Waals surface area contributed by atoms with Crippen LogP contribution in [0, 0.1) is 0 Å².